The van der Waals surface area contributed by atoms with E-state index in [0.29, 0.717) is 5.92 Å². The molecule has 0 spiro atoms. The van der Waals surface area contributed by atoms with Crippen LogP contribution in [0.25, 0.3) is 0 Å². The summed E-state index contributed by atoms with van der Waals surface area (Å²) in [5.74, 6) is 0.416. The van der Waals surface area contributed by atoms with Crippen molar-refractivity contribution in [2.24, 2.45) is 5.92 Å². The predicted octanol–water partition coefficient (Wildman–Crippen LogP) is 2.04. The Kier molecular flexibility index (Phi) is 5.32. The standard InChI is InChI=1S/C16H23N3O/c1-13(2)16(12-20)17-8-15-9-18-19(11-15)10-14-6-4-3-5-7-14/h3-7,9,11,13,16-17,20H,8,10,12H2,1-2H3. The van der Waals surface area contributed by atoms with Crippen LogP contribution in [0.4, 0.5) is 0 Å². The largest absolute Gasteiger partial charge is 0.395 e. The Morgan fingerprint density at radius 1 is 1.20 bits per heavy atom. The molecule has 1 heterocycles. The van der Waals surface area contributed by atoms with E-state index in [2.05, 4.69) is 42.6 Å². The monoisotopic (exact) mass is 273 g/mol. The molecule has 2 aromatic rings. The molecular weight excluding hydrogens is 250 g/mol. The maximum absolute atomic E-state index is 9.29. The summed E-state index contributed by atoms with van der Waals surface area (Å²) in [6.07, 6.45) is 3.93. The van der Waals surface area contributed by atoms with Crippen LogP contribution >= 0.6 is 0 Å². The van der Waals surface area contributed by atoms with Gasteiger partial charge in [-0.15, -0.1) is 0 Å². The fourth-order valence-electron chi connectivity index (χ4n) is 2.11. The van der Waals surface area contributed by atoms with Crippen molar-refractivity contribution < 1.29 is 5.11 Å². The zero-order chi connectivity index (χ0) is 14.4. The summed E-state index contributed by atoms with van der Waals surface area (Å²) in [4.78, 5) is 0. The van der Waals surface area contributed by atoms with Gasteiger partial charge in [-0.2, -0.15) is 5.10 Å². The van der Waals surface area contributed by atoms with Gasteiger partial charge in [-0.3, -0.25) is 4.68 Å². The first kappa shape index (κ1) is 14.8. The molecular formula is C16H23N3O. The van der Waals surface area contributed by atoms with Crippen LogP contribution in [0, 0.1) is 5.92 Å². The molecule has 1 aromatic carbocycles. The number of benzene rings is 1. The lowest BCUT2D eigenvalue weighted by molar-refractivity contribution is 0.210. The van der Waals surface area contributed by atoms with Gasteiger partial charge in [0, 0.05) is 24.3 Å². The maximum atomic E-state index is 9.29. The van der Waals surface area contributed by atoms with Gasteiger partial charge in [0.2, 0.25) is 0 Å². The lowest BCUT2D eigenvalue weighted by atomic mass is 10.1. The van der Waals surface area contributed by atoms with Gasteiger partial charge in [0.05, 0.1) is 19.3 Å². The highest BCUT2D eigenvalue weighted by atomic mass is 16.3. The van der Waals surface area contributed by atoms with Gasteiger partial charge >= 0.3 is 0 Å². The quantitative estimate of drug-likeness (QED) is 0.811. The van der Waals surface area contributed by atoms with Gasteiger partial charge in [0.15, 0.2) is 0 Å². The minimum atomic E-state index is 0.132. The van der Waals surface area contributed by atoms with Crippen molar-refractivity contribution in [2.45, 2.75) is 33.0 Å². The van der Waals surface area contributed by atoms with Gasteiger partial charge < -0.3 is 10.4 Å². The molecule has 0 saturated carbocycles. The normalized spacial score (nSPS) is 12.8. The molecule has 0 radical (unpaired) electrons. The van der Waals surface area contributed by atoms with Crippen LogP contribution in [0.2, 0.25) is 0 Å². The van der Waals surface area contributed by atoms with Crippen LogP contribution in [0.15, 0.2) is 42.7 Å². The van der Waals surface area contributed by atoms with Crippen LogP contribution in [-0.4, -0.2) is 27.5 Å². The Labute approximate surface area is 120 Å². The van der Waals surface area contributed by atoms with E-state index in [0.717, 1.165) is 18.7 Å². The van der Waals surface area contributed by atoms with Gasteiger partial charge in [0.1, 0.15) is 0 Å². The molecule has 0 bridgehead atoms. The summed E-state index contributed by atoms with van der Waals surface area (Å²) in [5.41, 5.74) is 2.38. The molecule has 0 amide bonds. The van der Waals surface area contributed by atoms with E-state index in [9.17, 15) is 5.11 Å². The molecule has 0 aliphatic rings. The molecule has 20 heavy (non-hydrogen) atoms. The van der Waals surface area contributed by atoms with Crippen LogP contribution < -0.4 is 5.32 Å². The Morgan fingerprint density at radius 3 is 2.60 bits per heavy atom. The average Bonchev–Trinajstić information content (AvgIpc) is 2.88. The molecule has 1 unspecified atom stereocenters. The van der Waals surface area contributed by atoms with E-state index in [1.165, 1.54) is 5.56 Å². The Morgan fingerprint density at radius 2 is 1.95 bits per heavy atom. The summed E-state index contributed by atoms with van der Waals surface area (Å²) in [5, 5.41) is 17.0. The minimum Gasteiger partial charge on any atom is -0.395 e. The number of nitrogens with one attached hydrogen (secondary N) is 1. The lowest BCUT2D eigenvalue weighted by Gasteiger charge is -2.19. The van der Waals surface area contributed by atoms with Crippen molar-refractivity contribution >= 4 is 0 Å². The van der Waals surface area contributed by atoms with Crippen molar-refractivity contribution in [3.63, 3.8) is 0 Å². The van der Waals surface area contributed by atoms with E-state index in [-0.39, 0.29) is 12.6 Å². The first-order chi connectivity index (χ1) is 9.69. The fourth-order valence-corrected chi connectivity index (χ4v) is 2.11. The smallest absolute Gasteiger partial charge is 0.0659 e. The zero-order valence-electron chi connectivity index (χ0n) is 12.2. The molecule has 1 aromatic heterocycles. The Bertz CT molecular complexity index is 507. The number of aliphatic hydroxyl groups is 1. The molecule has 0 saturated heterocycles. The molecule has 108 valence electrons. The van der Waals surface area contributed by atoms with Crippen LogP contribution in [0.5, 0.6) is 0 Å². The molecule has 1 atom stereocenters. The molecule has 4 heteroatoms. The van der Waals surface area contributed by atoms with Crippen LogP contribution in [0.3, 0.4) is 0 Å². The molecule has 0 fully saturated rings. The summed E-state index contributed by atoms with van der Waals surface area (Å²) in [6, 6.07) is 10.4. The zero-order valence-corrected chi connectivity index (χ0v) is 12.2. The maximum Gasteiger partial charge on any atom is 0.0659 e. The summed E-state index contributed by atoms with van der Waals surface area (Å²) in [7, 11) is 0. The molecule has 0 aliphatic heterocycles. The topological polar surface area (TPSA) is 50.1 Å². The van der Waals surface area contributed by atoms with Crippen molar-refractivity contribution in [2.75, 3.05) is 6.61 Å². The third kappa shape index (κ3) is 4.18. The van der Waals surface area contributed by atoms with Gasteiger partial charge in [-0.25, -0.2) is 0 Å². The van der Waals surface area contributed by atoms with Crippen molar-refractivity contribution in [3.05, 3.63) is 53.9 Å². The van der Waals surface area contributed by atoms with Crippen LogP contribution in [0.1, 0.15) is 25.0 Å². The second-order valence-corrected chi connectivity index (χ2v) is 5.45. The highest BCUT2D eigenvalue weighted by Crippen LogP contribution is 2.06. The van der Waals surface area contributed by atoms with E-state index in [1.807, 2.05) is 29.1 Å². The number of aromatic nitrogens is 2. The fraction of sp³-hybridized carbons (Fsp3) is 0.438. The number of hydrogen-bond acceptors (Lipinski definition) is 3. The van der Waals surface area contributed by atoms with Crippen molar-refractivity contribution in [1.29, 1.82) is 0 Å². The molecule has 4 nitrogen and oxygen atoms in total. The highest BCUT2D eigenvalue weighted by Gasteiger charge is 2.11. The van der Waals surface area contributed by atoms with Gasteiger partial charge in [-0.05, 0) is 11.5 Å². The average molecular weight is 273 g/mol. The molecule has 2 N–H and O–H groups in total. The SMILES string of the molecule is CC(C)C(CO)NCc1cnn(Cc2ccccc2)c1. The van der Waals surface area contributed by atoms with Gasteiger partial charge in [-0.1, -0.05) is 44.2 Å². The van der Waals surface area contributed by atoms with E-state index >= 15 is 0 Å². The summed E-state index contributed by atoms with van der Waals surface area (Å²) >= 11 is 0. The minimum absolute atomic E-state index is 0.132. The third-order valence-corrected chi connectivity index (χ3v) is 3.44. The number of rotatable bonds is 7. The number of nitrogens with zero attached hydrogens (tertiary/aromatic N) is 2. The molecule has 2 rings (SSSR count). The van der Waals surface area contributed by atoms with Crippen LogP contribution in [-0.2, 0) is 13.1 Å². The Hall–Kier alpha value is -1.65. The number of aliphatic hydroxyl groups excluding tert-OH is 1. The van der Waals surface area contributed by atoms with Crippen molar-refractivity contribution in [3.8, 4) is 0 Å². The third-order valence-electron chi connectivity index (χ3n) is 3.44. The first-order valence-corrected chi connectivity index (χ1v) is 7.08. The second-order valence-electron chi connectivity index (χ2n) is 5.45. The highest BCUT2D eigenvalue weighted by molar-refractivity contribution is 5.15. The summed E-state index contributed by atoms with van der Waals surface area (Å²) < 4.78 is 1.94. The second kappa shape index (κ2) is 7.22. The first-order valence-electron chi connectivity index (χ1n) is 7.08. The van der Waals surface area contributed by atoms with Gasteiger partial charge in [0.25, 0.3) is 0 Å². The number of hydrogen-bond donors (Lipinski definition) is 2. The lowest BCUT2D eigenvalue weighted by Crippen LogP contribution is -2.36. The van der Waals surface area contributed by atoms with Crippen molar-refractivity contribution in [1.82, 2.24) is 15.1 Å². The van der Waals surface area contributed by atoms with E-state index in [1.54, 1.807) is 0 Å². The van der Waals surface area contributed by atoms with E-state index in [4.69, 9.17) is 0 Å². The van der Waals surface area contributed by atoms with E-state index < -0.39 is 0 Å². The summed E-state index contributed by atoms with van der Waals surface area (Å²) in [6.45, 7) is 5.89. The predicted molar refractivity (Wildman–Crippen MR) is 80.3 cm³/mol. The Balaban J connectivity index is 1.89. The molecule has 0 aliphatic carbocycles.